The largest absolute Gasteiger partial charge is 0.388 e. The van der Waals surface area contributed by atoms with Crippen LogP contribution in [-0.4, -0.2) is 10.0 Å². The lowest BCUT2D eigenvalue weighted by atomic mass is 10.1. The van der Waals surface area contributed by atoms with E-state index in [1.807, 2.05) is 0 Å². The van der Waals surface area contributed by atoms with E-state index in [9.17, 15) is 19.6 Å². The van der Waals surface area contributed by atoms with Gasteiger partial charge >= 0.3 is 0 Å². The van der Waals surface area contributed by atoms with Crippen molar-refractivity contribution in [2.75, 3.05) is 0 Å². The molecule has 1 N–H and O–H groups in total. The molecule has 5 heteroatoms. The zero-order valence-corrected chi connectivity index (χ0v) is 7.84. The second-order valence-electron chi connectivity index (χ2n) is 2.96. The molecular weight excluding hydrogens is 201 g/mol. The van der Waals surface area contributed by atoms with Gasteiger partial charge in [-0.1, -0.05) is 6.08 Å². The van der Waals surface area contributed by atoms with Gasteiger partial charge in [-0.25, -0.2) is 4.39 Å². The van der Waals surface area contributed by atoms with Crippen LogP contribution in [-0.2, 0) is 0 Å². The number of benzene rings is 1. The molecule has 1 aromatic rings. The Bertz CT molecular complexity index is 361. The second kappa shape index (κ2) is 5.21. The summed E-state index contributed by atoms with van der Waals surface area (Å²) >= 11 is 0. The fraction of sp³-hybridized carbons (Fsp3) is 0.200. The summed E-state index contributed by atoms with van der Waals surface area (Å²) in [5.74, 6) is 0. The zero-order chi connectivity index (χ0) is 11.3. The average molecular weight is 211 g/mol. The van der Waals surface area contributed by atoms with Crippen molar-refractivity contribution in [3.63, 3.8) is 0 Å². The van der Waals surface area contributed by atoms with Crippen LogP contribution in [0.2, 0.25) is 0 Å². The van der Waals surface area contributed by atoms with Crippen LogP contribution in [0.3, 0.4) is 0 Å². The highest BCUT2D eigenvalue weighted by Gasteiger charge is 2.08. The Morgan fingerprint density at radius 2 is 2.07 bits per heavy atom. The van der Waals surface area contributed by atoms with Crippen molar-refractivity contribution in [1.29, 1.82) is 0 Å². The first-order valence-electron chi connectivity index (χ1n) is 4.33. The fourth-order valence-electron chi connectivity index (χ4n) is 1.13. The van der Waals surface area contributed by atoms with Crippen molar-refractivity contribution in [2.24, 2.45) is 0 Å². The third-order valence-electron chi connectivity index (χ3n) is 1.94. The Hall–Kier alpha value is -1.75. The van der Waals surface area contributed by atoms with Gasteiger partial charge in [0, 0.05) is 12.1 Å². The van der Waals surface area contributed by atoms with Crippen LogP contribution in [0.4, 0.5) is 10.1 Å². The minimum Gasteiger partial charge on any atom is -0.388 e. The molecule has 0 saturated heterocycles. The number of halogens is 1. The molecule has 0 radical (unpaired) electrons. The van der Waals surface area contributed by atoms with Crippen molar-refractivity contribution in [3.8, 4) is 0 Å². The molecule has 1 atom stereocenters. The highest BCUT2D eigenvalue weighted by molar-refractivity contribution is 5.33. The number of nitrogens with zero attached hydrogens (tertiary/aromatic N) is 1. The molecule has 1 rings (SSSR count). The fourth-order valence-corrected chi connectivity index (χ4v) is 1.13. The van der Waals surface area contributed by atoms with E-state index in [0.717, 1.165) is 0 Å². The maximum absolute atomic E-state index is 11.7. The van der Waals surface area contributed by atoms with E-state index in [1.165, 1.54) is 30.3 Å². The third kappa shape index (κ3) is 3.14. The van der Waals surface area contributed by atoms with Crippen LogP contribution in [0.25, 0.3) is 0 Å². The lowest BCUT2D eigenvalue weighted by Gasteiger charge is -2.06. The van der Waals surface area contributed by atoms with Crippen LogP contribution in [0.1, 0.15) is 18.1 Å². The van der Waals surface area contributed by atoms with Crippen LogP contribution in [0.15, 0.2) is 36.7 Å². The quantitative estimate of drug-likeness (QED) is 0.614. The summed E-state index contributed by atoms with van der Waals surface area (Å²) in [5.41, 5.74) is 0.491. The minimum atomic E-state index is -0.835. The second-order valence-corrected chi connectivity index (χ2v) is 2.96. The average Bonchev–Trinajstić information content (AvgIpc) is 2.26. The lowest BCUT2D eigenvalue weighted by molar-refractivity contribution is -0.384. The van der Waals surface area contributed by atoms with E-state index >= 15 is 0 Å². The van der Waals surface area contributed by atoms with Crippen LogP contribution in [0.5, 0.6) is 0 Å². The van der Waals surface area contributed by atoms with Crippen molar-refractivity contribution in [3.05, 3.63) is 52.3 Å². The summed E-state index contributed by atoms with van der Waals surface area (Å²) in [6.07, 6.45) is 0.854. The van der Waals surface area contributed by atoms with E-state index in [0.29, 0.717) is 11.9 Å². The van der Waals surface area contributed by atoms with E-state index in [1.54, 1.807) is 0 Å². The van der Waals surface area contributed by atoms with Gasteiger partial charge in [-0.2, -0.15) is 0 Å². The van der Waals surface area contributed by atoms with E-state index < -0.39 is 11.0 Å². The summed E-state index contributed by atoms with van der Waals surface area (Å²) in [6.45, 7) is 0. The van der Waals surface area contributed by atoms with Crippen LogP contribution < -0.4 is 0 Å². The number of nitro benzene ring substituents is 1. The molecule has 0 aliphatic carbocycles. The number of rotatable bonds is 4. The monoisotopic (exact) mass is 211 g/mol. The van der Waals surface area contributed by atoms with Gasteiger partial charge in [-0.15, -0.1) is 0 Å². The topological polar surface area (TPSA) is 63.4 Å². The number of aliphatic hydroxyl groups excluding tert-OH is 1. The molecular formula is C10H10FNO3. The number of aliphatic hydroxyl groups is 1. The summed E-state index contributed by atoms with van der Waals surface area (Å²) < 4.78 is 11.7. The molecule has 0 aromatic heterocycles. The highest BCUT2D eigenvalue weighted by atomic mass is 19.1. The van der Waals surface area contributed by atoms with Gasteiger partial charge in [0.1, 0.15) is 0 Å². The molecule has 0 saturated carbocycles. The van der Waals surface area contributed by atoms with Crippen molar-refractivity contribution in [1.82, 2.24) is 0 Å². The minimum absolute atomic E-state index is 0.0352. The molecule has 0 aliphatic heterocycles. The SMILES string of the molecule is O=[N+]([O-])c1ccc([C@@H](O)C/C=C\F)cc1. The Balaban J connectivity index is 2.75. The molecule has 0 heterocycles. The molecule has 0 spiro atoms. The number of nitro groups is 1. The normalized spacial score (nSPS) is 12.9. The van der Waals surface area contributed by atoms with Crippen molar-refractivity contribution >= 4 is 5.69 Å². The van der Waals surface area contributed by atoms with Crippen molar-refractivity contribution in [2.45, 2.75) is 12.5 Å². The molecule has 15 heavy (non-hydrogen) atoms. The van der Waals surface area contributed by atoms with Crippen LogP contribution >= 0.6 is 0 Å². The van der Waals surface area contributed by atoms with Gasteiger partial charge < -0.3 is 5.11 Å². The molecule has 0 amide bonds. The standard InChI is InChI=1S/C10H10FNO3/c11-7-1-2-10(13)8-3-5-9(6-4-8)12(14)15/h1,3-7,10,13H,2H2/b7-1-/t10-/m0/s1. The van der Waals surface area contributed by atoms with Gasteiger partial charge in [-0.05, 0) is 24.1 Å². The third-order valence-corrected chi connectivity index (χ3v) is 1.94. The number of non-ortho nitro benzene ring substituents is 1. The zero-order valence-electron chi connectivity index (χ0n) is 7.84. The van der Waals surface area contributed by atoms with E-state index in [4.69, 9.17) is 0 Å². The summed E-state index contributed by atoms with van der Waals surface area (Å²) in [7, 11) is 0. The van der Waals surface area contributed by atoms with E-state index in [-0.39, 0.29) is 12.1 Å². The summed E-state index contributed by atoms with van der Waals surface area (Å²) in [6, 6.07) is 5.51. The lowest BCUT2D eigenvalue weighted by Crippen LogP contribution is -1.96. The number of hydrogen-bond acceptors (Lipinski definition) is 3. The van der Waals surface area contributed by atoms with Gasteiger partial charge in [0.15, 0.2) is 0 Å². The molecule has 1 aromatic carbocycles. The molecule has 0 bridgehead atoms. The molecule has 0 aliphatic rings. The van der Waals surface area contributed by atoms with Gasteiger partial charge in [0.2, 0.25) is 0 Å². The summed E-state index contributed by atoms with van der Waals surface area (Å²) in [4.78, 5) is 9.82. The summed E-state index contributed by atoms with van der Waals surface area (Å²) in [5, 5.41) is 19.8. The number of hydrogen-bond donors (Lipinski definition) is 1. The molecule has 4 nitrogen and oxygen atoms in total. The molecule has 0 fully saturated rings. The molecule has 80 valence electrons. The first kappa shape index (κ1) is 11.3. The van der Waals surface area contributed by atoms with Gasteiger partial charge in [0.05, 0.1) is 17.4 Å². The Morgan fingerprint density at radius 3 is 2.53 bits per heavy atom. The Morgan fingerprint density at radius 1 is 1.47 bits per heavy atom. The maximum atomic E-state index is 11.7. The van der Waals surface area contributed by atoms with Crippen LogP contribution in [0, 0.1) is 10.1 Å². The predicted octanol–water partition coefficient (Wildman–Crippen LogP) is 2.50. The van der Waals surface area contributed by atoms with Gasteiger partial charge in [-0.3, -0.25) is 10.1 Å². The smallest absolute Gasteiger partial charge is 0.269 e. The Kier molecular flexibility index (Phi) is 3.93. The van der Waals surface area contributed by atoms with Crippen molar-refractivity contribution < 1.29 is 14.4 Å². The highest BCUT2D eigenvalue weighted by Crippen LogP contribution is 2.20. The Labute approximate surface area is 85.8 Å². The van der Waals surface area contributed by atoms with Gasteiger partial charge in [0.25, 0.3) is 5.69 Å². The maximum Gasteiger partial charge on any atom is 0.269 e. The predicted molar refractivity (Wildman–Crippen MR) is 52.9 cm³/mol. The first-order chi connectivity index (χ1) is 7.15. The molecule has 0 unspecified atom stereocenters. The van der Waals surface area contributed by atoms with E-state index in [2.05, 4.69) is 0 Å². The first-order valence-corrected chi connectivity index (χ1v) is 4.33.